The molecule has 0 radical (unpaired) electrons. The molecule has 0 aliphatic rings. The minimum atomic E-state index is 0.330. The van der Waals surface area contributed by atoms with Crippen LogP contribution in [-0.4, -0.2) is 22.6 Å². The normalized spacial score (nSPS) is 11.3. The Morgan fingerprint density at radius 3 is 2.62 bits per heavy atom. The monoisotopic (exact) mass is 222 g/mol. The predicted octanol–water partition coefficient (Wildman–Crippen LogP) is 2.59. The maximum Gasteiger partial charge on any atom is 0.120 e. The first-order valence-electron chi connectivity index (χ1n) is 5.86. The molecule has 0 aliphatic carbocycles. The lowest BCUT2D eigenvalue weighted by Gasteiger charge is -2.26. The van der Waals surface area contributed by atoms with E-state index in [0.717, 1.165) is 25.1 Å². The summed E-state index contributed by atoms with van der Waals surface area (Å²) in [5, 5.41) is 9.75. The van der Waals surface area contributed by atoms with E-state index in [0.29, 0.717) is 17.5 Å². The summed E-state index contributed by atoms with van der Waals surface area (Å²) < 4.78 is 0. The number of hydrogen-bond acceptors (Lipinski definition) is 3. The van der Waals surface area contributed by atoms with Gasteiger partial charge in [0.15, 0.2) is 0 Å². The smallest absolute Gasteiger partial charge is 0.120 e. The summed E-state index contributed by atoms with van der Waals surface area (Å²) in [6, 6.07) is 5.70. The number of phenols is 1. The Kier molecular flexibility index (Phi) is 4.62. The van der Waals surface area contributed by atoms with Crippen LogP contribution in [0.5, 0.6) is 5.75 Å². The second kappa shape index (κ2) is 5.75. The van der Waals surface area contributed by atoms with E-state index in [4.69, 9.17) is 5.73 Å². The summed E-state index contributed by atoms with van der Waals surface area (Å²) in [4.78, 5) is 2.33. The van der Waals surface area contributed by atoms with E-state index in [1.165, 1.54) is 0 Å². The lowest BCUT2D eigenvalue weighted by Crippen LogP contribution is -2.31. The van der Waals surface area contributed by atoms with Gasteiger partial charge in [-0.05, 0) is 45.0 Å². The van der Waals surface area contributed by atoms with Crippen molar-refractivity contribution in [3.8, 4) is 5.75 Å². The Hall–Kier alpha value is -1.22. The molecule has 90 valence electrons. The molecule has 3 N–H and O–H groups in total. The summed E-state index contributed by atoms with van der Waals surface area (Å²) in [5.74, 6) is 0.330. The maximum atomic E-state index is 9.75. The maximum absolute atomic E-state index is 9.75. The molecule has 3 nitrogen and oxygen atoms in total. The Bertz CT molecular complexity index is 337. The highest BCUT2D eigenvalue weighted by molar-refractivity contribution is 5.47. The highest BCUT2D eigenvalue weighted by Gasteiger charge is 2.11. The Morgan fingerprint density at radius 2 is 2.06 bits per heavy atom. The van der Waals surface area contributed by atoms with Crippen LogP contribution < -0.4 is 5.73 Å². The van der Waals surface area contributed by atoms with Crippen molar-refractivity contribution < 1.29 is 5.11 Å². The van der Waals surface area contributed by atoms with Crippen LogP contribution in [0, 0.1) is 0 Å². The Balaban J connectivity index is 2.80. The second-order valence-electron chi connectivity index (χ2n) is 4.45. The first kappa shape index (κ1) is 12.8. The number of nitrogen functional groups attached to an aromatic ring is 1. The molecule has 0 atom stereocenters. The first-order valence-corrected chi connectivity index (χ1v) is 5.86. The number of aromatic hydroxyl groups is 1. The highest BCUT2D eigenvalue weighted by atomic mass is 16.3. The number of nitrogens with zero attached hydrogens (tertiary/aromatic N) is 1. The van der Waals surface area contributed by atoms with Gasteiger partial charge in [0.2, 0.25) is 0 Å². The van der Waals surface area contributed by atoms with Gasteiger partial charge in [-0.1, -0.05) is 6.92 Å². The lowest BCUT2D eigenvalue weighted by molar-refractivity contribution is 0.211. The van der Waals surface area contributed by atoms with Gasteiger partial charge in [-0.15, -0.1) is 0 Å². The molecule has 0 saturated carbocycles. The fraction of sp³-hybridized carbons (Fsp3) is 0.538. The van der Waals surface area contributed by atoms with Crippen molar-refractivity contribution in [2.45, 2.75) is 39.8 Å². The largest absolute Gasteiger partial charge is 0.508 e. The topological polar surface area (TPSA) is 49.5 Å². The zero-order chi connectivity index (χ0) is 12.1. The second-order valence-corrected chi connectivity index (χ2v) is 4.45. The van der Waals surface area contributed by atoms with Crippen LogP contribution in [0.3, 0.4) is 0 Å². The van der Waals surface area contributed by atoms with Gasteiger partial charge in [0, 0.05) is 23.8 Å². The number of phenolic OH excluding ortho intramolecular Hbond substituents is 1. The number of benzene rings is 1. The molecule has 0 amide bonds. The summed E-state index contributed by atoms with van der Waals surface area (Å²) in [5.41, 5.74) is 7.33. The molecule has 1 aromatic carbocycles. The molecule has 0 saturated heterocycles. The molecule has 16 heavy (non-hydrogen) atoms. The van der Waals surface area contributed by atoms with Crippen LogP contribution in [0.4, 0.5) is 5.69 Å². The standard InChI is InChI=1S/C13H22N2O/c1-4-7-15(10(2)3)9-11-8-12(14)5-6-13(11)16/h5-6,8,10,16H,4,7,9,14H2,1-3H3. The van der Waals surface area contributed by atoms with E-state index in [2.05, 4.69) is 25.7 Å². The van der Waals surface area contributed by atoms with Crippen molar-refractivity contribution in [1.29, 1.82) is 0 Å². The van der Waals surface area contributed by atoms with Crippen LogP contribution in [0.15, 0.2) is 18.2 Å². The lowest BCUT2D eigenvalue weighted by atomic mass is 10.1. The highest BCUT2D eigenvalue weighted by Crippen LogP contribution is 2.22. The van der Waals surface area contributed by atoms with Gasteiger partial charge in [0.25, 0.3) is 0 Å². The fourth-order valence-electron chi connectivity index (χ4n) is 1.76. The number of anilines is 1. The molecule has 3 heteroatoms. The van der Waals surface area contributed by atoms with Gasteiger partial charge in [-0.3, -0.25) is 4.90 Å². The predicted molar refractivity (Wildman–Crippen MR) is 68.4 cm³/mol. The molecule has 0 heterocycles. The summed E-state index contributed by atoms with van der Waals surface area (Å²) >= 11 is 0. The molecular formula is C13H22N2O. The molecule has 0 unspecified atom stereocenters. The molecule has 0 fully saturated rings. The van der Waals surface area contributed by atoms with Gasteiger partial charge < -0.3 is 10.8 Å². The molecule has 0 aromatic heterocycles. The van der Waals surface area contributed by atoms with Gasteiger partial charge in [0.05, 0.1) is 0 Å². The van der Waals surface area contributed by atoms with E-state index in [1.807, 2.05) is 6.07 Å². The van der Waals surface area contributed by atoms with Crippen molar-refractivity contribution in [2.24, 2.45) is 0 Å². The molecule has 0 spiro atoms. The third-order valence-electron chi connectivity index (χ3n) is 2.72. The van der Waals surface area contributed by atoms with Gasteiger partial charge in [0.1, 0.15) is 5.75 Å². The SMILES string of the molecule is CCCN(Cc1cc(N)ccc1O)C(C)C. The summed E-state index contributed by atoms with van der Waals surface area (Å²) in [7, 11) is 0. The minimum Gasteiger partial charge on any atom is -0.508 e. The average Bonchev–Trinajstić information content (AvgIpc) is 2.22. The summed E-state index contributed by atoms with van der Waals surface area (Å²) in [6.07, 6.45) is 1.11. The van der Waals surface area contributed by atoms with Gasteiger partial charge >= 0.3 is 0 Å². The number of rotatable bonds is 5. The van der Waals surface area contributed by atoms with E-state index in [9.17, 15) is 5.11 Å². The van der Waals surface area contributed by atoms with Crippen molar-refractivity contribution in [1.82, 2.24) is 4.90 Å². The fourth-order valence-corrected chi connectivity index (χ4v) is 1.76. The van der Waals surface area contributed by atoms with Gasteiger partial charge in [-0.2, -0.15) is 0 Å². The van der Waals surface area contributed by atoms with Crippen LogP contribution in [0.2, 0.25) is 0 Å². The van der Waals surface area contributed by atoms with E-state index in [-0.39, 0.29) is 0 Å². The molecule has 0 aliphatic heterocycles. The van der Waals surface area contributed by atoms with Crippen LogP contribution in [0.25, 0.3) is 0 Å². The molecule has 1 aromatic rings. The third-order valence-corrected chi connectivity index (χ3v) is 2.72. The Labute approximate surface area is 97.9 Å². The van der Waals surface area contributed by atoms with Crippen molar-refractivity contribution in [3.63, 3.8) is 0 Å². The van der Waals surface area contributed by atoms with Gasteiger partial charge in [-0.25, -0.2) is 0 Å². The van der Waals surface area contributed by atoms with Crippen LogP contribution in [-0.2, 0) is 6.54 Å². The third kappa shape index (κ3) is 3.42. The quantitative estimate of drug-likeness (QED) is 0.594. The number of hydrogen-bond donors (Lipinski definition) is 2. The summed E-state index contributed by atoms with van der Waals surface area (Å²) in [6.45, 7) is 8.28. The van der Waals surface area contributed by atoms with E-state index in [1.54, 1.807) is 12.1 Å². The van der Waals surface area contributed by atoms with Crippen molar-refractivity contribution in [2.75, 3.05) is 12.3 Å². The Morgan fingerprint density at radius 1 is 1.38 bits per heavy atom. The van der Waals surface area contributed by atoms with Crippen LogP contribution >= 0.6 is 0 Å². The average molecular weight is 222 g/mol. The molecular weight excluding hydrogens is 200 g/mol. The molecule has 1 rings (SSSR count). The van der Waals surface area contributed by atoms with E-state index < -0.39 is 0 Å². The van der Waals surface area contributed by atoms with Crippen molar-refractivity contribution >= 4 is 5.69 Å². The van der Waals surface area contributed by atoms with Crippen molar-refractivity contribution in [3.05, 3.63) is 23.8 Å². The molecule has 0 bridgehead atoms. The first-order chi connectivity index (χ1) is 7.54. The van der Waals surface area contributed by atoms with Crippen LogP contribution in [0.1, 0.15) is 32.8 Å². The number of nitrogens with two attached hydrogens (primary N) is 1. The van der Waals surface area contributed by atoms with E-state index >= 15 is 0 Å². The zero-order valence-electron chi connectivity index (χ0n) is 10.4. The zero-order valence-corrected chi connectivity index (χ0v) is 10.4. The minimum absolute atomic E-state index is 0.330.